The van der Waals surface area contributed by atoms with Crippen molar-refractivity contribution in [1.29, 1.82) is 0 Å². The molecule has 0 saturated heterocycles. The van der Waals surface area contributed by atoms with E-state index < -0.39 is 0 Å². The van der Waals surface area contributed by atoms with Crippen molar-refractivity contribution in [3.63, 3.8) is 0 Å². The highest BCUT2D eigenvalue weighted by Crippen LogP contribution is 2.37. The number of aromatic nitrogens is 2. The molecule has 18 heavy (non-hydrogen) atoms. The minimum Gasteiger partial charge on any atom is -0.303 e. The van der Waals surface area contributed by atoms with E-state index >= 15 is 0 Å². The van der Waals surface area contributed by atoms with Gasteiger partial charge in [0.05, 0.1) is 10.2 Å². The normalized spacial score (nSPS) is 20.1. The zero-order valence-electron chi connectivity index (χ0n) is 11.2. The second-order valence-corrected chi connectivity index (χ2v) is 7.22. The minimum absolute atomic E-state index is 0.383. The average Bonchev–Trinajstić information content (AvgIpc) is 2.67. The summed E-state index contributed by atoms with van der Waals surface area (Å²) in [6.07, 6.45) is 5.66. The Bertz CT molecular complexity index is 592. The molecule has 0 saturated carbocycles. The van der Waals surface area contributed by atoms with Gasteiger partial charge in [0.25, 0.3) is 0 Å². The van der Waals surface area contributed by atoms with Crippen molar-refractivity contribution in [2.24, 2.45) is 11.3 Å². The first-order valence-corrected chi connectivity index (χ1v) is 7.40. The highest BCUT2D eigenvalue weighted by molar-refractivity contribution is 9.10. The van der Waals surface area contributed by atoms with Gasteiger partial charge in [-0.3, -0.25) is 0 Å². The quantitative estimate of drug-likeness (QED) is 0.711. The molecule has 96 valence electrons. The molecule has 0 amide bonds. The zero-order chi connectivity index (χ0) is 12.9. The molecule has 2 heterocycles. The maximum absolute atomic E-state index is 4.79. The van der Waals surface area contributed by atoms with Crippen molar-refractivity contribution in [1.82, 2.24) is 9.38 Å². The number of rotatable bonds is 0. The van der Waals surface area contributed by atoms with Gasteiger partial charge < -0.3 is 4.40 Å². The number of pyridine rings is 1. The highest BCUT2D eigenvalue weighted by Gasteiger charge is 2.31. The number of hydrogen-bond acceptors (Lipinski definition) is 1. The van der Waals surface area contributed by atoms with E-state index in [1.54, 1.807) is 0 Å². The molecule has 0 N–H and O–H groups in total. The van der Waals surface area contributed by atoms with Gasteiger partial charge in [0, 0.05) is 11.9 Å². The first kappa shape index (κ1) is 12.2. The van der Waals surface area contributed by atoms with Crippen LogP contribution in [-0.4, -0.2) is 9.38 Å². The van der Waals surface area contributed by atoms with Crippen LogP contribution in [0.15, 0.2) is 22.8 Å². The van der Waals surface area contributed by atoms with Crippen LogP contribution in [0, 0.1) is 11.3 Å². The summed E-state index contributed by atoms with van der Waals surface area (Å²) in [4.78, 5) is 4.79. The fourth-order valence-electron chi connectivity index (χ4n) is 2.93. The van der Waals surface area contributed by atoms with Gasteiger partial charge in [-0.05, 0) is 58.7 Å². The molecule has 0 aliphatic heterocycles. The van der Waals surface area contributed by atoms with Crippen molar-refractivity contribution in [3.8, 4) is 0 Å². The Balaban J connectivity index is 2.10. The molecule has 0 spiro atoms. The number of hydrogen-bond donors (Lipinski definition) is 0. The van der Waals surface area contributed by atoms with Crippen LogP contribution < -0.4 is 0 Å². The van der Waals surface area contributed by atoms with Crippen molar-refractivity contribution in [3.05, 3.63) is 34.2 Å². The molecule has 2 aromatic rings. The number of imidazole rings is 1. The third-order valence-corrected chi connectivity index (χ3v) is 4.80. The Morgan fingerprint density at radius 1 is 1.39 bits per heavy atom. The molecule has 3 rings (SSSR count). The molecule has 0 radical (unpaired) electrons. The van der Waals surface area contributed by atoms with Crippen LogP contribution in [0.2, 0.25) is 0 Å². The second-order valence-electron chi connectivity index (χ2n) is 6.36. The van der Waals surface area contributed by atoms with E-state index in [2.05, 4.69) is 59.4 Å². The molecule has 1 aliphatic rings. The van der Waals surface area contributed by atoms with Gasteiger partial charge in [-0.25, -0.2) is 4.98 Å². The SMILES string of the molecule is CC(C)(C)C1CCc2nc3c(Br)cccn3c2C1. The molecule has 3 heteroatoms. The number of halogens is 1. The van der Waals surface area contributed by atoms with Gasteiger partial charge in [-0.1, -0.05) is 20.8 Å². The second kappa shape index (κ2) is 4.09. The van der Waals surface area contributed by atoms with Gasteiger partial charge in [-0.2, -0.15) is 0 Å². The molecule has 1 aliphatic carbocycles. The largest absolute Gasteiger partial charge is 0.303 e. The van der Waals surface area contributed by atoms with E-state index in [0.717, 1.165) is 28.9 Å². The molecule has 0 fully saturated rings. The first-order valence-electron chi connectivity index (χ1n) is 6.61. The Hall–Kier alpha value is -0.830. The van der Waals surface area contributed by atoms with Crippen LogP contribution in [0.25, 0.3) is 5.65 Å². The predicted molar refractivity (Wildman–Crippen MR) is 77.9 cm³/mol. The first-order chi connectivity index (χ1) is 8.47. The summed E-state index contributed by atoms with van der Waals surface area (Å²) in [7, 11) is 0. The summed E-state index contributed by atoms with van der Waals surface area (Å²) >= 11 is 3.59. The lowest BCUT2D eigenvalue weighted by molar-refractivity contribution is 0.213. The van der Waals surface area contributed by atoms with E-state index in [1.165, 1.54) is 17.8 Å². The van der Waals surface area contributed by atoms with Gasteiger partial charge in [0.2, 0.25) is 0 Å². The Labute approximate surface area is 117 Å². The maximum Gasteiger partial charge on any atom is 0.151 e. The lowest BCUT2D eigenvalue weighted by Gasteiger charge is -2.33. The summed E-state index contributed by atoms with van der Waals surface area (Å²) in [5, 5.41) is 0. The van der Waals surface area contributed by atoms with E-state index in [1.807, 2.05) is 0 Å². The predicted octanol–water partition coefficient (Wildman–Crippen LogP) is 4.25. The summed E-state index contributed by atoms with van der Waals surface area (Å²) in [5.41, 5.74) is 4.16. The summed E-state index contributed by atoms with van der Waals surface area (Å²) in [6, 6.07) is 4.15. The monoisotopic (exact) mass is 306 g/mol. The van der Waals surface area contributed by atoms with Crippen LogP contribution in [-0.2, 0) is 12.8 Å². The van der Waals surface area contributed by atoms with E-state index in [0.29, 0.717) is 5.41 Å². The van der Waals surface area contributed by atoms with Crippen LogP contribution in [0.4, 0.5) is 0 Å². The van der Waals surface area contributed by atoms with E-state index in [9.17, 15) is 0 Å². The van der Waals surface area contributed by atoms with E-state index in [-0.39, 0.29) is 0 Å². The Kier molecular flexibility index (Phi) is 2.77. The topological polar surface area (TPSA) is 17.3 Å². The molecule has 0 bridgehead atoms. The van der Waals surface area contributed by atoms with Crippen molar-refractivity contribution in [2.45, 2.75) is 40.0 Å². The maximum atomic E-state index is 4.79. The number of aryl methyl sites for hydroxylation is 1. The van der Waals surface area contributed by atoms with E-state index in [4.69, 9.17) is 4.98 Å². The van der Waals surface area contributed by atoms with Gasteiger partial charge in [-0.15, -0.1) is 0 Å². The van der Waals surface area contributed by atoms with Crippen LogP contribution in [0.5, 0.6) is 0 Å². The summed E-state index contributed by atoms with van der Waals surface area (Å²) in [5.74, 6) is 0.754. The fraction of sp³-hybridized carbons (Fsp3) is 0.533. The molecule has 0 aromatic carbocycles. The summed E-state index contributed by atoms with van der Waals surface area (Å²) in [6.45, 7) is 7.05. The number of nitrogens with zero attached hydrogens (tertiary/aromatic N) is 2. The lowest BCUT2D eigenvalue weighted by atomic mass is 9.73. The summed E-state index contributed by atoms with van der Waals surface area (Å²) < 4.78 is 3.35. The molecule has 1 atom stereocenters. The van der Waals surface area contributed by atoms with Gasteiger partial charge in [0.1, 0.15) is 0 Å². The van der Waals surface area contributed by atoms with Crippen molar-refractivity contribution in [2.75, 3.05) is 0 Å². The average molecular weight is 307 g/mol. The van der Waals surface area contributed by atoms with Crippen molar-refractivity contribution >= 4 is 21.6 Å². The molecular formula is C15H19BrN2. The van der Waals surface area contributed by atoms with Gasteiger partial charge in [0.15, 0.2) is 5.65 Å². The van der Waals surface area contributed by atoms with Crippen LogP contribution in [0.3, 0.4) is 0 Å². The zero-order valence-corrected chi connectivity index (χ0v) is 12.8. The fourth-order valence-corrected chi connectivity index (χ4v) is 3.36. The van der Waals surface area contributed by atoms with Crippen molar-refractivity contribution < 1.29 is 0 Å². The molecule has 2 nitrogen and oxygen atoms in total. The van der Waals surface area contributed by atoms with Crippen LogP contribution >= 0.6 is 15.9 Å². The Morgan fingerprint density at radius 2 is 2.17 bits per heavy atom. The Morgan fingerprint density at radius 3 is 2.89 bits per heavy atom. The smallest absolute Gasteiger partial charge is 0.151 e. The van der Waals surface area contributed by atoms with Crippen LogP contribution in [0.1, 0.15) is 38.6 Å². The third kappa shape index (κ3) is 1.89. The van der Waals surface area contributed by atoms with Gasteiger partial charge >= 0.3 is 0 Å². The molecule has 1 unspecified atom stereocenters. The molecular weight excluding hydrogens is 288 g/mol. The minimum atomic E-state index is 0.383. The highest BCUT2D eigenvalue weighted by atomic mass is 79.9. The lowest BCUT2D eigenvalue weighted by Crippen LogP contribution is -2.27. The number of fused-ring (bicyclic) bond motifs is 3. The third-order valence-electron chi connectivity index (χ3n) is 4.18. The standard InChI is InChI=1S/C15H19BrN2/c1-15(2,3)10-6-7-12-13(9-10)18-8-4-5-11(16)14(18)17-12/h4-5,8,10H,6-7,9H2,1-3H3. The molecule has 2 aromatic heterocycles.